The number of aliphatic hydroxyl groups excluding tert-OH is 2. The van der Waals surface area contributed by atoms with E-state index in [1.165, 1.54) is 0 Å². The summed E-state index contributed by atoms with van der Waals surface area (Å²) in [5.74, 6) is -0.733. The van der Waals surface area contributed by atoms with E-state index >= 15 is 0 Å². The molecule has 3 aliphatic rings. The summed E-state index contributed by atoms with van der Waals surface area (Å²) < 4.78 is 20.7. The maximum absolute atomic E-state index is 14.6. The molecule has 2 aliphatic carbocycles. The molecular formula is C50H53N3O8. The molecule has 6 atom stereocenters. The fraction of sp³-hybridized carbons (Fsp3) is 0.360. The predicted molar refractivity (Wildman–Crippen MR) is 231 cm³/mol. The van der Waals surface area contributed by atoms with Crippen molar-refractivity contribution in [3.63, 3.8) is 0 Å². The molecule has 4 aromatic carbocycles. The predicted octanol–water partition coefficient (Wildman–Crippen LogP) is 8.77. The van der Waals surface area contributed by atoms with Gasteiger partial charge in [-0.1, -0.05) is 72.6 Å². The minimum atomic E-state index is -1.43. The Balaban J connectivity index is 1.42. The molecule has 0 bridgehead atoms. The molecule has 316 valence electrons. The minimum Gasteiger partial charge on any atom is -0.459 e. The van der Waals surface area contributed by atoms with E-state index in [4.69, 9.17) is 24.2 Å². The number of benzene rings is 4. The average Bonchev–Trinajstić information content (AvgIpc) is 3.29. The number of hydrogen-bond acceptors (Lipinski definition) is 10. The lowest BCUT2D eigenvalue weighted by atomic mass is 9.55. The Kier molecular flexibility index (Phi) is 14.1. The van der Waals surface area contributed by atoms with E-state index in [1.807, 2.05) is 48.5 Å². The molecule has 1 amide bonds. The molecule has 0 aromatic heterocycles. The third kappa shape index (κ3) is 9.32. The maximum atomic E-state index is 14.6. The quantitative estimate of drug-likeness (QED) is 0.0409. The first-order valence-corrected chi connectivity index (χ1v) is 21.1. The Bertz CT molecular complexity index is 2270. The van der Waals surface area contributed by atoms with E-state index in [1.54, 1.807) is 66.6 Å². The molecule has 1 saturated carbocycles. The zero-order valence-corrected chi connectivity index (χ0v) is 34.5. The number of ether oxygens (including phenoxy) is 3. The van der Waals surface area contributed by atoms with Crippen LogP contribution in [0.15, 0.2) is 127 Å². The largest absolute Gasteiger partial charge is 0.459 e. The van der Waals surface area contributed by atoms with Crippen LogP contribution in [-0.4, -0.2) is 71.7 Å². The van der Waals surface area contributed by atoms with Gasteiger partial charge in [-0.15, -0.1) is 6.58 Å². The standard InChI is InChI=1S/C50H53N3O8/c1-3-26-58-50-46(53(2)49(57)37-20-18-34(31-51)19-21-37)30-44(52-59-33-35-12-5-4-6-13-35)42-28-38(15-7-9-24-54)41(17-8-10-25-55)47(48(42)50)43-29-40(22-23-45(43)61-50)60-39-16-11-14-36(27-39)32-56/h3-6,11-14,16,18-23,27-29,32,38,41,46-48,54-55H,1,7-10,15,17,24-26,30,33H2,2H3. The maximum Gasteiger partial charge on any atom is 0.254 e. The summed E-state index contributed by atoms with van der Waals surface area (Å²) in [6, 6.07) is 30.5. The fourth-order valence-electron chi connectivity index (χ4n) is 9.37. The fourth-order valence-corrected chi connectivity index (χ4v) is 9.37. The number of allylic oxidation sites excluding steroid dienone is 1. The zero-order valence-electron chi connectivity index (χ0n) is 34.5. The SMILES string of the molecule is C=CCOC12Oc3ccc(Oc4cccc(C=O)c4)cc3C3C(CCCCO)C(CCCCO)C=C(C(=NOCc4ccccc4)CC1N(C)C(=O)c1ccc(C#N)cc1)C32. The molecule has 11 nitrogen and oxygen atoms in total. The van der Waals surface area contributed by atoms with Crippen molar-refractivity contribution in [2.45, 2.75) is 69.3 Å². The summed E-state index contributed by atoms with van der Waals surface area (Å²) in [5, 5.41) is 34.2. The van der Waals surface area contributed by atoms with Gasteiger partial charge in [-0.25, -0.2) is 0 Å². The van der Waals surface area contributed by atoms with Gasteiger partial charge in [-0.05, 0) is 103 Å². The number of unbranched alkanes of at least 4 members (excludes halogenated alkanes) is 2. The number of carbonyl (C=O) groups is 2. The number of rotatable bonds is 19. The summed E-state index contributed by atoms with van der Waals surface area (Å²) in [6.45, 7) is 4.53. The first-order chi connectivity index (χ1) is 29.8. The highest BCUT2D eigenvalue weighted by molar-refractivity contribution is 6.03. The van der Waals surface area contributed by atoms with Crippen LogP contribution in [0.25, 0.3) is 0 Å². The Morgan fingerprint density at radius 2 is 1.72 bits per heavy atom. The number of fused-ring (bicyclic) bond motifs is 2. The molecule has 7 rings (SSSR count). The Morgan fingerprint density at radius 1 is 0.967 bits per heavy atom. The molecule has 2 N–H and O–H groups in total. The monoisotopic (exact) mass is 823 g/mol. The number of aliphatic hydroxyl groups is 2. The second kappa shape index (κ2) is 20.0. The van der Waals surface area contributed by atoms with Gasteiger partial charge < -0.3 is 34.2 Å². The highest BCUT2D eigenvalue weighted by atomic mass is 16.7. The summed E-state index contributed by atoms with van der Waals surface area (Å²) in [4.78, 5) is 34.1. The molecule has 11 heteroatoms. The van der Waals surface area contributed by atoms with Gasteiger partial charge in [0, 0.05) is 49.3 Å². The van der Waals surface area contributed by atoms with Crippen molar-refractivity contribution in [2.24, 2.45) is 22.9 Å². The van der Waals surface area contributed by atoms with E-state index in [2.05, 4.69) is 18.7 Å². The Morgan fingerprint density at radius 3 is 2.44 bits per heavy atom. The number of hydrogen-bond donors (Lipinski definition) is 2. The summed E-state index contributed by atoms with van der Waals surface area (Å²) in [7, 11) is 1.75. The molecule has 1 aliphatic heterocycles. The van der Waals surface area contributed by atoms with Crippen LogP contribution in [0.2, 0.25) is 0 Å². The van der Waals surface area contributed by atoms with E-state index in [0.717, 1.165) is 48.7 Å². The first-order valence-electron chi connectivity index (χ1n) is 21.1. The van der Waals surface area contributed by atoms with Gasteiger partial charge in [0.1, 0.15) is 36.2 Å². The Hall–Kier alpha value is -6.06. The van der Waals surface area contributed by atoms with E-state index in [0.29, 0.717) is 52.5 Å². The summed E-state index contributed by atoms with van der Waals surface area (Å²) in [6.07, 6.45) is 9.46. The van der Waals surface area contributed by atoms with Crippen molar-refractivity contribution < 1.29 is 38.9 Å². The second-order valence-electron chi connectivity index (χ2n) is 15.9. The van der Waals surface area contributed by atoms with Crippen LogP contribution < -0.4 is 9.47 Å². The number of aldehydes is 1. The van der Waals surface area contributed by atoms with Crippen LogP contribution in [0.1, 0.15) is 88.3 Å². The van der Waals surface area contributed by atoms with Crippen molar-refractivity contribution in [3.05, 3.63) is 149 Å². The van der Waals surface area contributed by atoms with Gasteiger partial charge in [0.15, 0.2) is 0 Å². The van der Waals surface area contributed by atoms with Gasteiger partial charge in [0.2, 0.25) is 5.79 Å². The molecule has 61 heavy (non-hydrogen) atoms. The summed E-state index contributed by atoms with van der Waals surface area (Å²) >= 11 is 0. The summed E-state index contributed by atoms with van der Waals surface area (Å²) in [5.41, 5.74) is 4.81. The third-order valence-electron chi connectivity index (χ3n) is 12.2. The molecule has 1 fully saturated rings. The normalized spacial score (nSPS) is 23.0. The zero-order chi connectivity index (χ0) is 42.8. The molecule has 6 unspecified atom stereocenters. The van der Waals surface area contributed by atoms with Crippen LogP contribution in [0, 0.1) is 29.1 Å². The van der Waals surface area contributed by atoms with E-state index < -0.39 is 17.7 Å². The van der Waals surface area contributed by atoms with Gasteiger partial charge >= 0.3 is 0 Å². The lowest BCUT2D eigenvalue weighted by Gasteiger charge is -2.59. The van der Waals surface area contributed by atoms with Crippen molar-refractivity contribution >= 4 is 17.9 Å². The molecule has 1 heterocycles. The first kappa shape index (κ1) is 43.0. The molecule has 4 aromatic rings. The molecule has 0 spiro atoms. The number of nitriles is 1. The van der Waals surface area contributed by atoms with E-state index in [9.17, 15) is 25.1 Å². The average molecular weight is 824 g/mol. The second-order valence-corrected chi connectivity index (χ2v) is 15.9. The van der Waals surface area contributed by atoms with Crippen molar-refractivity contribution in [1.82, 2.24) is 4.90 Å². The number of carbonyl (C=O) groups excluding carboxylic acids is 2. The van der Waals surface area contributed by atoms with Crippen LogP contribution in [-0.2, 0) is 16.2 Å². The van der Waals surface area contributed by atoms with Crippen LogP contribution in [0.3, 0.4) is 0 Å². The van der Waals surface area contributed by atoms with Crippen LogP contribution in [0.4, 0.5) is 0 Å². The van der Waals surface area contributed by atoms with Gasteiger partial charge in [0.05, 0.1) is 29.9 Å². The van der Waals surface area contributed by atoms with Crippen LogP contribution in [0.5, 0.6) is 17.2 Å². The van der Waals surface area contributed by atoms with Crippen LogP contribution >= 0.6 is 0 Å². The topological polar surface area (TPSA) is 151 Å². The highest BCUT2D eigenvalue weighted by Crippen LogP contribution is 2.62. The van der Waals surface area contributed by atoms with Gasteiger partial charge in [0.25, 0.3) is 5.91 Å². The lowest BCUT2D eigenvalue weighted by Crippen LogP contribution is -2.69. The van der Waals surface area contributed by atoms with E-state index in [-0.39, 0.29) is 56.5 Å². The molecular weight excluding hydrogens is 771 g/mol. The lowest BCUT2D eigenvalue weighted by molar-refractivity contribution is -0.252. The smallest absolute Gasteiger partial charge is 0.254 e. The Labute approximate surface area is 357 Å². The van der Waals surface area contributed by atoms with Crippen molar-refractivity contribution in [1.29, 1.82) is 5.26 Å². The number of likely N-dealkylation sites (N-methyl/N-ethyl adjacent to an activating group) is 1. The third-order valence-corrected chi connectivity index (χ3v) is 12.2. The number of amides is 1. The minimum absolute atomic E-state index is 0.0201. The highest BCUT2D eigenvalue weighted by Gasteiger charge is 2.65. The van der Waals surface area contributed by atoms with Crippen molar-refractivity contribution in [3.8, 4) is 23.3 Å². The van der Waals surface area contributed by atoms with Gasteiger partial charge in [-0.2, -0.15) is 5.26 Å². The number of oxime groups is 1. The van der Waals surface area contributed by atoms with Gasteiger partial charge in [-0.3, -0.25) is 9.59 Å². The molecule has 0 saturated heterocycles. The number of nitrogens with zero attached hydrogens (tertiary/aromatic N) is 3. The molecule has 0 radical (unpaired) electrons. The van der Waals surface area contributed by atoms with Crippen molar-refractivity contribution in [2.75, 3.05) is 26.9 Å².